The molecule has 0 fully saturated rings. The third-order valence-corrected chi connectivity index (χ3v) is 3.85. The minimum Gasteiger partial charge on any atom is -0.457 e. The van der Waals surface area contributed by atoms with Gasteiger partial charge in [-0.05, 0) is 42.0 Å². The third-order valence-electron chi connectivity index (χ3n) is 3.85. The SMILES string of the molecule is CCC(=O)Nc1cccn(Cc2cccc(Oc3ccccc3)c2)c1=O. The number of benzene rings is 2. The molecular formula is C21H20N2O3. The van der Waals surface area contributed by atoms with Gasteiger partial charge in [-0.1, -0.05) is 37.3 Å². The fourth-order valence-electron chi connectivity index (χ4n) is 2.52. The molecule has 0 aliphatic rings. The van der Waals surface area contributed by atoms with Crippen molar-refractivity contribution in [3.05, 3.63) is 88.8 Å². The number of carbonyl (C=O) groups is 1. The Morgan fingerprint density at radius 2 is 1.77 bits per heavy atom. The zero-order valence-corrected chi connectivity index (χ0v) is 14.5. The van der Waals surface area contributed by atoms with Gasteiger partial charge in [0.05, 0.1) is 6.54 Å². The van der Waals surface area contributed by atoms with E-state index in [1.54, 1.807) is 29.8 Å². The van der Waals surface area contributed by atoms with E-state index in [4.69, 9.17) is 4.74 Å². The van der Waals surface area contributed by atoms with Crippen LogP contribution in [-0.4, -0.2) is 10.5 Å². The Kier molecular flexibility index (Phi) is 5.49. The maximum atomic E-state index is 12.5. The Morgan fingerprint density at radius 3 is 2.54 bits per heavy atom. The van der Waals surface area contributed by atoms with Gasteiger partial charge in [0.15, 0.2) is 0 Å². The molecular weight excluding hydrogens is 328 g/mol. The lowest BCUT2D eigenvalue weighted by Crippen LogP contribution is -2.25. The first kappa shape index (κ1) is 17.5. The van der Waals surface area contributed by atoms with E-state index in [2.05, 4.69) is 5.32 Å². The molecule has 1 N–H and O–H groups in total. The highest BCUT2D eigenvalue weighted by Crippen LogP contribution is 2.22. The molecule has 132 valence electrons. The van der Waals surface area contributed by atoms with Gasteiger partial charge in [0.2, 0.25) is 5.91 Å². The number of aromatic nitrogens is 1. The van der Waals surface area contributed by atoms with E-state index in [-0.39, 0.29) is 17.2 Å². The van der Waals surface area contributed by atoms with Crippen molar-refractivity contribution in [3.8, 4) is 11.5 Å². The van der Waals surface area contributed by atoms with E-state index in [1.807, 2.05) is 54.6 Å². The number of hydrogen-bond acceptors (Lipinski definition) is 3. The Bertz CT molecular complexity index is 949. The van der Waals surface area contributed by atoms with Crippen molar-refractivity contribution in [1.29, 1.82) is 0 Å². The number of carbonyl (C=O) groups excluding carboxylic acids is 1. The van der Waals surface area contributed by atoms with Crippen molar-refractivity contribution in [2.75, 3.05) is 5.32 Å². The Labute approximate surface area is 151 Å². The molecule has 0 unspecified atom stereocenters. The first-order valence-electron chi connectivity index (χ1n) is 8.47. The highest BCUT2D eigenvalue weighted by molar-refractivity contribution is 5.90. The fraction of sp³-hybridized carbons (Fsp3) is 0.143. The van der Waals surface area contributed by atoms with Crippen molar-refractivity contribution >= 4 is 11.6 Å². The molecule has 3 aromatic rings. The van der Waals surface area contributed by atoms with Gasteiger partial charge in [0.1, 0.15) is 17.2 Å². The summed E-state index contributed by atoms with van der Waals surface area (Å²) in [4.78, 5) is 24.1. The molecule has 26 heavy (non-hydrogen) atoms. The summed E-state index contributed by atoms with van der Waals surface area (Å²) in [6.07, 6.45) is 2.03. The molecule has 1 aromatic heterocycles. The Hall–Kier alpha value is -3.34. The number of nitrogens with zero attached hydrogens (tertiary/aromatic N) is 1. The van der Waals surface area contributed by atoms with Gasteiger partial charge in [0.25, 0.3) is 5.56 Å². The van der Waals surface area contributed by atoms with Crippen LogP contribution < -0.4 is 15.6 Å². The number of hydrogen-bond donors (Lipinski definition) is 1. The van der Waals surface area contributed by atoms with Crippen LogP contribution >= 0.6 is 0 Å². The molecule has 5 nitrogen and oxygen atoms in total. The minimum atomic E-state index is -0.233. The van der Waals surface area contributed by atoms with Crippen LogP contribution in [0.2, 0.25) is 0 Å². The molecule has 1 amide bonds. The monoisotopic (exact) mass is 348 g/mol. The van der Waals surface area contributed by atoms with Crippen molar-refractivity contribution in [2.24, 2.45) is 0 Å². The lowest BCUT2D eigenvalue weighted by molar-refractivity contribution is -0.115. The molecule has 0 aliphatic carbocycles. The molecule has 0 spiro atoms. The molecule has 3 rings (SSSR count). The Morgan fingerprint density at radius 1 is 1.00 bits per heavy atom. The first-order chi connectivity index (χ1) is 12.7. The van der Waals surface area contributed by atoms with E-state index in [1.165, 1.54) is 0 Å². The zero-order chi connectivity index (χ0) is 18.4. The first-order valence-corrected chi connectivity index (χ1v) is 8.47. The molecule has 0 saturated carbocycles. The minimum absolute atomic E-state index is 0.182. The number of pyridine rings is 1. The average molecular weight is 348 g/mol. The summed E-state index contributed by atoms with van der Waals surface area (Å²) in [6, 6.07) is 20.5. The number of para-hydroxylation sites is 1. The van der Waals surface area contributed by atoms with Crippen LogP contribution in [0, 0.1) is 0 Å². The van der Waals surface area contributed by atoms with Crippen LogP contribution in [0.15, 0.2) is 77.7 Å². The predicted molar refractivity (Wildman–Crippen MR) is 102 cm³/mol. The van der Waals surface area contributed by atoms with Crippen LogP contribution in [0.3, 0.4) is 0 Å². The van der Waals surface area contributed by atoms with Crippen LogP contribution in [0.25, 0.3) is 0 Å². The second-order valence-electron chi connectivity index (χ2n) is 5.82. The van der Waals surface area contributed by atoms with Gasteiger partial charge in [0, 0.05) is 12.6 Å². The number of ether oxygens (including phenoxy) is 1. The smallest absolute Gasteiger partial charge is 0.274 e. The zero-order valence-electron chi connectivity index (χ0n) is 14.5. The second-order valence-corrected chi connectivity index (χ2v) is 5.82. The summed E-state index contributed by atoms with van der Waals surface area (Å²) in [6.45, 7) is 2.13. The van der Waals surface area contributed by atoms with Gasteiger partial charge in [-0.2, -0.15) is 0 Å². The van der Waals surface area contributed by atoms with Crippen molar-refractivity contribution in [2.45, 2.75) is 19.9 Å². The Balaban J connectivity index is 1.79. The van der Waals surface area contributed by atoms with Crippen LogP contribution in [-0.2, 0) is 11.3 Å². The molecule has 0 saturated heterocycles. The van der Waals surface area contributed by atoms with Crippen molar-refractivity contribution in [3.63, 3.8) is 0 Å². The quantitative estimate of drug-likeness (QED) is 0.731. The maximum Gasteiger partial charge on any atom is 0.274 e. The number of amides is 1. The summed E-state index contributed by atoms with van der Waals surface area (Å²) in [5, 5.41) is 2.63. The summed E-state index contributed by atoms with van der Waals surface area (Å²) >= 11 is 0. The van der Waals surface area contributed by atoms with Gasteiger partial charge in [-0.3, -0.25) is 9.59 Å². The molecule has 0 radical (unpaired) electrons. The molecule has 0 aliphatic heterocycles. The average Bonchev–Trinajstić information content (AvgIpc) is 2.66. The van der Waals surface area contributed by atoms with E-state index < -0.39 is 0 Å². The maximum absolute atomic E-state index is 12.5. The standard InChI is InChI=1S/C21H20N2O3/c1-2-20(24)22-19-12-7-13-23(21(19)25)15-16-8-6-11-18(14-16)26-17-9-4-3-5-10-17/h3-14H,2,15H2,1H3,(H,22,24). The van der Waals surface area contributed by atoms with Crippen molar-refractivity contribution < 1.29 is 9.53 Å². The number of rotatable bonds is 6. The van der Waals surface area contributed by atoms with Gasteiger partial charge in [-0.15, -0.1) is 0 Å². The third kappa shape index (κ3) is 4.39. The lowest BCUT2D eigenvalue weighted by atomic mass is 10.2. The van der Waals surface area contributed by atoms with Gasteiger partial charge >= 0.3 is 0 Å². The number of anilines is 1. The summed E-state index contributed by atoms with van der Waals surface area (Å²) < 4.78 is 7.40. The fourth-order valence-corrected chi connectivity index (χ4v) is 2.52. The van der Waals surface area contributed by atoms with Crippen LogP contribution in [0.5, 0.6) is 11.5 Å². The van der Waals surface area contributed by atoms with E-state index in [9.17, 15) is 9.59 Å². The van der Waals surface area contributed by atoms with Crippen LogP contribution in [0.4, 0.5) is 5.69 Å². The van der Waals surface area contributed by atoms with E-state index in [0.717, 1.165) is 11.3 Å². The highest BCUT2D eigenvalue weighted by atomic mass is 16.5. The molecule has 0 bridgehead atoms. The predicted octanol–water partition coefficient (Wildman–Crippen LogP) is 4.04. The molecule has 2 aromatic carbocycles. The van der Waals surface area contributed by atoms with Gasteiger partial charge in [-0.25, -0.2) is 0 Å². The number of nitrogens with one attached hydrogen (secondary N) is 1. The summed E-state index contributed by atoms with van der Waals surface area (Å²) in [7, 11) is 0. The summed E-state index contributed by atoms with van der Waals surface area (Å²) in [5.41, 5.74) is 0.985. The highest BCUT2D eigenvalue weighted by Gasteiger charge is 2.07. The van der Waals surface area contributed by atoms with Crippen LogP contribution in [0.1, 0.15) is 18.9 Å². The second kappa shape index (κ2) is 8.16. The van der Waals surface area contributed by atoms with E-state index in [0.29, 0.717) is 18.7 Å². The topological polar surface area (TPSA) is 60.3 Å². The van der Waals surface area contributed by atoms with Gasteiger partial charge < -0.3 is 14.6 Å². The van der Waals surface area contributed by atoms with E-state index >= 15 is 0 Å². The molecule has 1 heterocycles. The lowest BCUT2D eigenvalue weighted by Gasteiger charge is -2.11. The summed E-state index contributed by atoms with van der Waals surface area (Å²) in [5.74, 6) is 1.28. The largest absolute Gasteiger partial charge is 0.457 e. The molecule has 0 atom stereocenters. The molecule has 5 heteroatoms. The normalized spacial score (nSPS) is 10.3. The van der Waals surface area contributed by atoms with Crippen molar-refractivity contribution in [1.82, 2.24) is 4.57 Å².